The fraction of sp³-hybridized carbons (Fsp3) is 0.261. The number of carbonyl (C=O) groups excluding carboxylic acids is 2. The molecule has 2 aliphatic heterocycles. The fourth-order valence-electron chi connectivity index (χ4n) is 3.48. The van der Waals surface area contributed by atoms with Crippen LogP contribution in [0.3, 0.4) is 0 Å². The van der Waals surface area contributed by atoms with Crippen LogP contribution in [0.1, 0.15) is 24.0 Å². The third-order valence-corrected chi connectivity index (χ3v) is 6.94. The maximum absolute atomic E-state index is 13.3. The lowest BCUT2D eigenvalue weighted by molar-refractivity contribution is -0.127. The second kappa shape index (κ2) is 9.47. The number of aryl methyl sites for hydroxylation is 1. The Balaban J connectivity index is 1.64. The van der Waals surface area contributed by atoms with E-state index in [1.54, 1.807) is 29.2 Å². The summed E-state index contributed by atoms with van der Waals surface area (Å²) in [5.41, 5.74) is 2.66. The molecule has 0 aliphatic carbocycles. The molecule has 160 valence electrons. The van der Waals surface area contributed by atoms with Crippen LogP contribution >= 0.6 is 35.0 Å². The average Bonchev–Trinajstić information content (AvgIpc) is 3.40. The Kier molecular flexibility index (Phi) is 6.70. The summed E-state index contributed by atoms with van der Waals surface area (Å²) in [6.07, 6.45) is 3.71. The van der Waals surface area contributed by atoms with Gasteiger partial charge in [-0.25, -0.2) is 4.99 Å². The Bertz CT molecular complexity index is 1080. The normalized spacial score (nSPS) is 17.6. The number of halogens is 2. The van der Waals surface area contributed by atoms with Gasteiger partial charge in [0.05, 0.1) is 21.5 Å². The van der Waals surface area contributed by atoms with E-state index in [9.17, 15) is 9.59 Å². The van der Waals surface area contributed by atoms with Gasteiger partial charge in [-0.3, -0.25) is 14.5 Å². The van der Waals surface area contributed by atoms with Crippen molar-refractivity contribution in [3.63, 3.8) is 0 Å². The third-order valence-electron chi connectivity index (χ3n) is 5.18. The number of hydrogen-bond acceptors (Lipinski definition) is 4. The van der Waals surface area contributed by atoms with Gasteiger partial charge < -0.3 is 4.90 Å². The zero-order chi connectivity index (χ0) is 22.0. The number of likely N-dealkylation sites (tertiary alicyclic amines) is 1. The molecule has 0 saturated carbocycles. The summed E-state index contributed by atoms with van der Waals surface area (Å²) >= 11 is 13.7. The van der Waals surface area contributed by atoms with Crippen molar-refractivity contribution >= 4 is 63.7 Å². The van der Waals surface area contributed by atoms with Crippen LogP contribution in [0, 0.1) is 6.92 Å². The minimum atomic E-state index is -0.268. The summed E-state index contributed by atoms with van der Waals surface area (Å²) in [6.45, 7) is 3.58. The van der Waals surface area contributed by atoms with Gasteiger partial charge in [-0.2, -0.15) is 0 Å². The highest BCUT2D eigenvalue weighted by Crippen LogP contribution is 2.32. The number of aliphatic imine (C=N–C) groups is 1. The number of amides is 2. The van der Waals surface area contributed by atoms with E-state index in [0.717, 1.165) is 31.5 Å². The van der Waals surface area contributed by atoms with Gasteiger partial charge in [0.2, 0.25) is 5.91 Å². The lowest BCUT2D eigenvalue weighted by Gasteiger charge is -2.19. The molecule has 5 nitrogen and oxygen atoms in total. The van der Waals surface area contributed by atoms with Crippen molar-refractivity contribution in [1.29, 1.82) is 0 Å². The molecule has 2 aromatic carbocycles. The topological polar surface area (TPSA) is 53.0 Å². The van der Waals surface area contributed by atoms with E-state index < -0.39 is 0 Å². The van der Waals surface area contributed by atoms with E-state index in [-0.39, 0.29) is 23.3 Å². The molecule has 0 aromatic heterocycles. The van der Waals surface area contributed by atoms with Gasteiger partial charge in [0.1, 0.15) is 5.70 Å². The van der Waals surface area contributed by atoms with Gasteiger partial charge in [-0.15, -0.1) is 0 Å². The first-order valence-electron chi connectivity index (χ1n) is 10.00. The number of amidine groups is 1. The first kappa shape index (κ1) is 21.9. The summed E-state index contributed by atoms with van der Waals surface area (Å²) < 4.78 is 0. The van der Waals surface area contributed by atoms with Crippen molar-refractivity contribution in [2.24, 2.45) is 4.99 Å². The molecule has 2 amide bonds. The van der Waals surface area contributed by atoms with Crippen molar-refractivity contribution in [3.05, 3.63) is 69.3 Å². The van der Waals surface area contributed by atoms with Crippen LogP contribution in [0.4, 0.5) is 5.69 Å². The van der Waals surface area contributed by atoms with Crippen molar-refractivity contribution in [2.45, 2.75) is 19.8 Å². The summed E-state index contributed by atoms with van der Waals surface area (Å²) in [4.78, 5) is 33.8. The Morgan fingerprint density at radius 3 is 2.55 bits per heavy atom. The van der Waals surface area contributed by atoms with Crippen molar-refractivity contribution in [2.75, 3.05) is 23.7 Å². The molecule has 0 spiro atoms. The molecule has 0 bridgehead atoms. The van der Waals surface area contributed by atoms with E-state index in [1.807, 2.05) is 36.1 Å². The molecule has 0 atom stereocenters. The van der Waals surface area contributed by atoms with Crippen LogP contribution in [0.25, 0.3) is 6.08 Å². The van der Waals surface area contributed by atoms with Gasteiger partial charge >= 0.3 is 0 Å². The highest BCUT2D eigenvalue weighted by Gasteiger charge is 2.33. The lowest BCUT2D eigenvalue weighted by atomic mass is 10.2. The fourth-order valence-corrected chi connectivity index (χ4v) is 4.76. The molecule has 0 N–H and O–H groups in total. The SMILES string of the molecule is Cc1ccc(N2C(=O)C(=Cc3cccc(Cl)c3Cl)N=C2SCC(=O)N2CCCC2)cc1. The summed E-state index contributed by atoms with van der Waals surface area (Å²) in [5.74, 6) is 0.0347. The number of rotatable bonds is 4. The quantitative estimate of drug-likeness (QED) is 0.558. The van der Waals surface area contributed by atoms with Gasteiger partial charge in [-0.05, 0) is 49.6 Å². The molecule has 1 fully saturated rings. The largest absolute Gasteiger partial charge is 0.342 e. The molecule has 2 heterocycles. The smallest absolute Gasteiger partial charge is 0.283 e. The molecule has 31 heavy (non-hydrogen) atoms. The molecule has 4 rings (SSSR count). The molecule has 8 heteroatoms. The number of anilines is 1. The predicted octanol–water partition coefficient (Wildman–Crippen LogP) is 5.40. The van der Waals surface area contributed by atoms with Crippen molar-refractivity contribution in [3.8, 4) is 0 Å². The summed E-state index contributed by atoms with van der Waals surface area (Å²) in [5, 5.41) is 1.25. The molecular weight excluding hydrogens is 453 g/mol. The van der Waals surface area contributed by atoms with Gasteiger partial charge in [0, 0.05) is 13.1 Å². The van der Waals surface area contributed by atoms with Crippen LogP contribution in [-0.2, 0) is 9.59 Å². The Labute approximate surface area is 195 Å². The van der Waals surface area contributed by atoms with Crippen LogP contribution < -0.4 is 4.90 Å². The molecule has 2 aliphatic rings. The van der Waals surface area contributed by atoms with Gasteiger partial charge in [0.25, 0.3) is 5.91 Å². The second-order valence-electron chi connectivity index (χ2n) is 7.42. The second-order valence-corrected chi connectivity index (χ2v) is 9.15. The predicted molar refractivity (Wildman–Crippen MR) is 129 cm³/mol. The molecule has 1 saturated heterocycles. The van der Waals surface area contributed by atoms with E-state index in [1.165, 1.54) is 11.8 Å². The zero-order valence-corrected chi connectivity index (χ0v) is 19.3. The standard InChI is InChI=1S/C23H21Cl2N3O2S/c1-15-7-9-17(10-8-15)28-22(30)19(13-16-5-4-6-18(24)21(16)25)26-23(28)31-14-20(29)27-11-2-3-12-27/h4-10,13H,2-3,11-12,14H2,1H3. The highest BCUT2D eigenvalue weighted by molar-refractivity contribution is 8.14. The highest BCUT2D eigenvalue weighted by atomic mass is 35.5. The Morgan fingerprint density at radius 2 is 1.84 bits per heavy atom. The van der Waals surface area contributed by atoms with Gasteiger partial charge in [-0.1, -0.05) is 64.8 Å². The first-order valence-corrected chi connectivity index (χ1v) is 11.7. The van der Waals surface area contributed by atoms with Crippen LogP contribution in [-0.4, -0.2) is 40.7 Å². The van der Waals surface area contributed by atoms with Crippen molar-refractivity contribution in [1.82, 2.24) is 4.90 Å². The first-order chi connectivity index (χ1) is 14.9. The summed E-state index contributed by atoms with van der Waals surface area (Å²) in [6, 6.07) is 12.9. The van der Waals surface area contributed by atoms with E-state index in [2.05, 4.69) is 4.99 Å². The van der Waals surface area contributed by atoms with E-state index >= 15 is 0 Å². The average molecular weight is 474 g/mol. The number of carbonyl (C=O) groups is 2. The van der Waals surface area contributed by atoms with Gasteiger partial charge in [0.15, 0.2) is 5.17 Å². The maximum Gasteiger partial charge on any atom is 0.283 e. The summed E-state index contributed by atoms with van der Waals surface area (Å²) in [7, 11) is 0. The number of thioether (sulfide) groups is 1. The molecule has 0 radical (unpaired) electrons. The zero-order valence-electron chi connectivity index (χ0n) is 17.0. The maximum atomic E-state index is 13.3. The number of nitrogens with zero attached hydrogens (tertiary/aromatic N) is 3. The number of hydrogen-bond donors (Lipinski definition) is 0. The monoisotopic (exact) mass is 473 g/mol. The molecule has 2 aromatic rings. The minimum absolute atomic E-state index is 0.0665. The number of benzene rings is 2. The van der Waals surface area contributed by atoms with E-state index in [4.69, 9.17) is 23.2 Å². The minimum Gasteiger partial charge on any atom is -0.342 e. The molecule has 0 unspecified atom stereocenters. The van der Waals surface area contributed by atoms with Crippen LogP contribution in [0.2, 0.25) is 10.0 Å². The Morgan fingerprint density at radius 1 is 1.13 bits per heavy atom. The van der Waals surface area contributed by atoms with Crippen LogP contribution in [0.5, 0.6) is 0 Å². The van der Waals surface area contributed by atoms with Crippen molar-refractivity contribution < 1.29 is 9.59 Å². The Hall–Kier alpha value is -2.28. The third kappa shape index (κ3) is 4.81. The lowest BCUT2D eigenvalue weighted by Crippen LogP contribution is -2.33. The molecular formula is C23H21Cl2N3O2S. The van der Waals surface area contributed by atoms with Crippen LogP contribution in [0.15, 0.2) is 53.2 Å². The van der Waals surface area contributed by atoms with E-state index in [0.29, 0.717) is 26.5 Å².